The normalized spacial score (nSPS) is 30.6. The molecule has 0 aliphatic carbocycles. The molecule has 0 aromatic heterocycles. The van der Waals surface area contributed by atoms with E-state index in [4.69, 9.17) is 0 Å². The van der Waals surface area contributed by atoms with Crippen molar-refractivity contribution in [3.05, 3.63) is 0 Å². The average Bonchev–Trinajstić information content (AvgIpc) is 2.90. The molecule has 3 atom stereocenters. The average molecular weight is 300 g/mol. The van der Waals surface area contributed by atoms with Crippen molar-refractivity contribution in [1.29, 1.82) is 0 Å². The molecule has 6 heteroatoms. The van der Waals surface area contributed by atoms with Crippen LogP contribution in [0.5, 0.6) is 0 Å². The predicted octanol–water partition coefficient (Wildman–Crippen LogP) is 2.47. The first kappa shape index (κ1) is 15.5. The van der Waals surface area contributed by atoms with Gasteiger partial charge in [0.2, 0.25) is 0 Å². The van der Waals surface area contributed by atoms with Gasteiger partial charge in [-0.3, -0.25) is 4.90 Å². The van der Waals surface area contributed by atoms with Crippen LogP contribution in [0.4, 0.5) is 4.79 Å². The number of rotatable bonds is 3. The van der Waals surface area contributed by atoms with Gasteiger partial charge in [-0.25, -0.2) is 9.59 Å². The molecule has 2 fully saturated rings. The van der Waals surface area contributed by atoms with Crippen molar-refractivity contribution in [1.82, 2.24) is 9.80 Å². The van der Waals surface area contributed by atoms with Crippen molar-refractivity contribution in [2.24, 2.45) is 5.92 Å². The Balaban J connectivity index is 2.10. The SMILES string of the molecule is CCC1CCCN(C(=O)N2C(CC)SCC2C(=O)O)C1. The summed E-state index contributed by atoms with van der Waals surface area (Å²) in [6.45, 7) is 5.70. The summed E-state index contributed by atoms with van der Waals surface area (Å²) in [6.07, 6.45) is 4.08. The van der Waals surface area contributed by atoms with Crippen LogP contribution in [-0.2, 0) is 4.79 Å². The number of carboxylic acid groups (broad SMARTS) is 1. The van der Waals surface area contributed by atoms with E-state index in [0.717, 1.165) is 32.4 Å². The van der Waals surface area contributed by atoms with Gasteiger partial charge < -0.3 is 10.0 Å². The monoisotopic (exact) mass is 300 g/mol. The molecule has 0 saturated carbocycles. The summed E-state index contributed by atoms with van der Waals surface area (Å²) in [5, 5.41) is 9.32. The number of amides is 2. The summed E-state index contributed by atoms with van der Waals surface area (Å²) in [4.78, 5) is 27.5. The van der Waals surface area contributed by atoms with Gasteiger partial charge >= 0.3 is 12.0 Å². The summed E-state index contributed by atoms with van der Waals surface area (Å²) < 4.78 is 0. The molecular weight excluding hydrogens is 276 g/mol. The Bertz CT molecular complexity index is 377. The lowest BCUT2D eigenvalue weighted by molar-refractivity contribution is -0.141. The zero-order valence-electron chi connectivity index (χ0n) is 12.2. The lowest BCUT2D eigenvalue weighted by Crippen LogP contribution is -2.53. The Morgan fingerprint density at radius 2 is 2.05 bits per heavy atom. The van der Waals surface area contributed by atoms with Crippen molar-refractivity contribution in [3.8, 4) is 0 Å². The molecule has 0 aromatic carbocycles. The summed E-state index contributed by atoms with van der Waals surface area (Å²) in [5.41, 5.74) is 0. The third-order valence-corrected chi connectivity index (χ3v) is 5.77. The van der Waals surface area contributed by atoms with E-state index < -0.39 is 12.0 Å². The number of thioether (sulfide) groups is 1. The van der Waals surface area contributed by atoms with E-state index in [1.807, 2.05) is 11.8 Å². The zero-order valence-corrected chi connectivity index (χ0v) is 13.1. The molecule has 20 heavy (non-hydrogen) atoms. The van der Waals surface area contributed by atoms with E-state index in [1.165, 1.54) is 6.42 Å². The van der Waals surface area contributed by atoms with Crippen LogP contribution in [0, 0.1) is 5.92 Å². The van der Waals surface area contributed by atoms with E-state index in [1.54, 1.807) is 16.7 Å². The lowest BCUT2D eigenvalue weighted by Gasteiger charge is -2.37. The van der Waals surface area contributed by atoms with Gasteiger partial charge in [-0.1, -0.05) is 20.3 Å². The Labute approximate surface area is 124 Å². The van der Waals surface area contributed by atoms with Gasteiger partial charge in [0.05, 0.1) is 5.37 Å². The van der Waals surface area contributed by atoms with Crippen LogP contribution < -0.4 is 0 Å². The molecule has 1 N–H and O–H groups in total. The van der Waals surface area contributed by atoms with Gasteiger partial charge in [0.15, 0.2) is 0 Å². The molecule has 5 nitrogen and oxygen atoms in total. The number of piperidine rings is 1. The van der Waals surface area contributed by atoms with Gasteiger partial charge in [0, 0.05) is 18.8 Å². The third kappa shape index (κ3) is 3.05. The van der Waals surface area contributed by atoms with Gasteiger partial charge in [-0.15, -0.1) is 11.8 Å². The van der Waals surface area contributed by atoms with E-state index in [-0.39, 0.29) is 11.4 Å². The minimum atomic E-state index is -0.883. The Morgan fingerprint density at radius 1 is 1.30 bits per heavy atom. The van der Waals surface area contributed by atoms with Crippen molar-refractivity contribution < 1.29 is 14.7 Å². The van der Waals surface area contributed by atoms with Gasteiger partial charge in [-0.05, 0) is 25.2 Å². The van der Waals surface area contributed by atoms with Crippen LogP contribution in [0.1, 0.15) is 39.5 Å². The summed E-state index contributed by atoms with van der Waals surface area (Å²) >= 11 is 1.58. The predicted molar refractivity (Wildman–Crippen MR) is 79.8 cm³/mol. The highest BCUT2D eigenvalue weighted by atomic mass is 32.2. The first-order valence-corrected chi connectivity index (χ1v) is 8.55. The highest BCUT2D eigenvalue weighted by Gasteiger charge is 2.43. The topological polar surface area (TPSA) is 60.9 Å². The fourth-order valence-corrected chi connectivity index (χ4v) is 4.40. The quantitative estimate of drug-likeness (QED) is 0.870. The molecule has 2 amide bonds. The van der Waals surface area contributed by atoms with Gasteiger partial charge in [-0.2, -0.15) is 0 Å². The molecule has 2 rings (SSSR count). The highest BCUT2D eigenvalue weighted by molar-refractivity contribution is 8.00. The molecule has 2 saturated heterocycles. The Hall–Kier alpha value is -0.910. The van der Waals surface area contributed by atoms with Crippen molar-refractivity contribution in [3.63, 3.8) is 0 Å². The molecule has 0 radical (unpaired) electrons. The van der Waals surface area contributed by atoms with Crippen molar-refractivity contribution in [2.75, 3.05) is 18.8 Å². The number of carbonyl (C=O) groups is 2. The molecule has 0 spiro atoms. The fourth-order valence-electron chi connectivity index (χ4n) is 3.06. The summed E-state index contributed by atoms with van der Waals surface area (Å²) in [7, 11) is 0. The maximum atomic E-state index is 12.7. The van der Waals surface area contributed by atoms with E-state index in [9.17, 15) is 14.7 Å². The van der Waals surface area contributed by atoms with E-state index in [2.05, 4.69) is 6.92 Å². The number of nitrogens with zero attached hydrogens (tertiary/aromatic N) is 2. The molecule has 0 bridgehead atoms. The second-order valence-electron chi connectivity index (χ2n) is 5.60. The first-order valence-electron chi connectivity index (χ1n) is 7.50. The molecule has 114 valence electrons. The highest BCUT2D eigenvalue weighted by Crippen LogP contribution is 2.33. The second-order valence-corrected chi connectivity index (χ2v) is 6.81. The fraction of sp³-hybridized carbons (Fsp3) is 0.857. The molecule has 2 aliphatic rings. The largest absolute Gasteiger partial charge is 0.480 e. The van der Waals surface area contributed by atoms with Crippen LogP contribution in [0.2, 0.25) is 0 Å². The number of hydrogen-bond donors (Lipinski definition) is 1. The van der Waals surface area contributed by atoms with Gasteiger partial charge in [0.25, 0.3) is 0 Å². The third-order valence-electron chi connectivity index (χ3n) is 4.31. The Morgan fingerprint density at radius 3 is 2.65 bits per heavy atom. The maximum Gasteiger partial charge on any atom is 0.327 e. The lowest BCUT2D eigenvalue weighted by atomic mass is 9.96. The molecule has 0 aromatic rings. The number of likely N-dealkylation sites (tertiary alicyclic amines) is 1. The minimum Gasteiger partial charge on any atom is -0.480 e. The number of carboxylic acids is 1. The number of aliphatic carboxylic acids is 1. The molecule has 3 unspecified atom stereocenters. The standard InChI is InChI=1S/C14H24N2O3S/c1-3-10-6-5-7-15(8-10)14(19)16-11(13(17)18)9-20-12(16)4-2/h10-12H,3-9H2,1-2H3,(H,17,18). The van der Waals surface area contributed by atoms with Crippen molar-refractivity contribution in [2.45, 2.75) is 50.9 Å². The van der Waals surface area contributed by atoms with Crippen LogP contribution in [0.25, 0.3) is 0 Å². The number of carbonyl (C=O) groups excluding carboxylic acids is 1. The summed E-state index contributed by atoms with van der Waals surface area (Å²) in [5.74, 6) is 0.183. The van der Waals surface area contributed by atoms with Crippen LogP contribution >= 0.6 is 11.8 Å². The molecular formula is C14H24N2O3S. The van der Waals surface area contributed by atoms with Gasteiger partial charge in [0.1, 0.15) is 6.04 Å². The Kier molecular flexibility index (Phi) is 5.18. The van der Waals surface area contributed by atoms with Crippen molar-refractivity contribution >= 4 is 23.8 Å². The maximum absolute atomic E-state index is 12.7. The smallest absolute Gasteiger partial charge is 0.327 e. The van der Waals surface area contributed by atoms with E-state index in [0.29, 0.717) is 11.7 Å². The van der Waals surface area contributed by atoms with Crippen LogP contribution in [-0.4, -0.2) is 57.2 Å². The van der Waals surface area contributed by atoms with Crippen LogP contribution in [0.3, 0.4) is 0 Å². The summed E-state index contributed by atoms with van der Waals surface area (Å²) in [6, 6.07) is -0.744. The number of urea groups is 1. The zero-order chi connectivity index (χ0) is 14.7. The van der Waals surface area contributed by atoms with Crippen LogP contribution in [0.15, 0.2) is 0 Å². The second kappa shape index (κ2) is 6.70. The number of hydrogen-bond acceptors (Lipinski definition) is 3. The first-order chi connectivity index (χ1) is 9.58. The molecule has 2 aliphatic heterocycles. The van der Waals surface area contributed by atoms with E-state index >= 15 is 0 Å². The molecule has 2 heterocycles. The minimum absolute atomic E-state index is 0.00519.